The van der Waals surface area contributed by atoms with E-state index in [0.717, 1.165) is 0 Å². The minimum absolute atomic E-state index is 0.0200. The Morgan fingerprint density at radius 2 is 1.74 bits per heavy atom. The lowest BCUT2D eigenvalue weighted by atomic mass is 10.0. The van der Waals surface area contributed by atoms with Gasteiger partial charge in [0, 0.05) is 6.42 Å². The number of hydrazone groups is 1. The highest BCUT2D eigenvalue weighted by Crippen LogP contribution is 2.41. The first-order valence-electron chi connectivity index (χ1n) is 8.24. The van der Waals surface area contributed by atoms with Crippen LogP contribution < -0.4 is 0 Å². The molecule has 2 aromatic rings. The lowest BCUT2D eigenvalue weighted by Gasteiger charge is -2.32. The molecule has 0 radical (unpaired) electrons. The van der Waals surface area contributed by atoms with Crippen molar-refractivity contribution in [1.82, 2.24) is 5.01 Å². The van der Waals surface area contributed by atoms with Gasteiger partial charge in [0.1, 0.15) is 5.75 Å². The molecular weight excluding hydrogens is 361 g/mol. The van der Waals surface area contributed by atoms with Crippen molar-refractivity contribution in [2.45, 2.75) is 31.2 Å². The van der Waals surface area contributed by atoms with Gasteiger partial charge in [0.05, 0.1) is 12.1 Å². The van der Waals surface area contributed by atoms with E-state index < -0.39 is 24.2 Å². The fourth-order valence-electron chi connectivity index (χ4n) is 2.89. The third-order valence-electron chi connectivity index (χ3n) is 4.38. The van der Waals surface area contributed by atoms with Crippen LogP contribution in [-0.4, -0.2) is 38.7 Å². The molecule has 0 aliphatic carbocycles. The second-order valence-electron chi connectivity index (χ2n) is 6.24. The Labute approximate surface area is 153 Å². The number of halogens is 3. The van der Waals surface area contributed by atoms with Gasteiger partial charge in [-0.15, -0.1) is 0 Å². The van der Waals surface area contributed by atoms with Gasteiger partial charge in [-0.25, -0.2) is 0 Å². The van der Waals surface area contributed by atoms with Gasteiger partial charge in [-0.05, 0) is 23.6 Å². The number of rotatable bonds is 4. The molecule has 142 valence electrons. The molecule has 8 heteroatoms. The molecule has 0 saturated heterocycles. The third-order valence-corrected chi connectivity index (χ3v) is 4.38. The molecule has 0 spiro atoms. The summed E-state index contributed by atoms with van der Waals surface area (Å²) >= 11 is 0. The monoisotopic (exact) mass is 378 g/mol. The number of hydrogen-bond donors (Lipinski definition) is 2. The molecule has 0 bridgehead atoms. The van der Waals surface area contributed by atoms with Crippen LogP contribution in [-0.2, 0) is 11.2 Å². The summed E-state index contributed by atoms with van der Waals surface area (Å²) in [7, 11) is 0. The lowest BCUT2D eigenvalue weighted by Crippen LogP contribution is -2.56. The van der Waals surface area contributed by atoms with E-state index >= 15 is 0 Å². The number of carbonyl (C=O) groups excluding carboxylic acids is 1. The molecule has 1 amide bonds. The standard InChI is InChI=1S/C19H17F3N2O3/c20-19(21,22)18(27)12-15(13-6-2-1-3-7-13)23-24(18)17(26)11-10-14-8-4-5-9-16(14)25/h1-9,25,27H,10-12H2/t18-/m0/s1. The molecule has 1 aliphatic rings. The van der Waals surface area contributed by atoms with Gasteiger partial charge < -0.3 is 10.2 Å². The Balaban J connectivity index is 1.85. The number of nitrogens with zero attached hydrogens (tertiary/aromatic N) is 2. The predicted octanol–water partition coefficient (Wildman–Crippen LogP) is 3.21. The van der Waals surface area contributed by atoms with Crippen molar-refractivity contribution in [3.05, 3.63) is 65.7 Å². The van der Waals surface area contributed by atoms with E-state index in [4.69, 9.17) is 0 Å². The molecule has 0 unspecified atom stereocenters. The first-order valence-corrected chi connectivity index (χ1v) is 8.24. The van der Waals surface area contributed by atoms with E-state index in [2.05, 4.69) is 5.10 Å². The number of para-hydroxylation sites is 1. The zero-order valence-corrected chi connectivity index (χ0v) is 14.1. The largest absolute Gasteiger partial charge is 0.508 e. The quantitative estimate of drug-likeness (QED) is 0.858. The lowest BCUT2D eigenvalue weighted by molar-refractivity contribution is -0.302. The molecular formula is C19H17F3N2O3. The predicted molar refractivity (Wildman–Crippen MR) is 91.9 cm³/mol. The number of phenolic OH excluding ortho intramolecular Hbond substituents is 1. The Bertz CT molecular complexity index is 868. The molecule has 2 aromatic carbocycles. The van der Waals surface area contributed by atoms with Crippen LogP contribution in [0.25, 0.3) is 0 Å². The maximum absolute atomic E-state index is 13.5. The molecule has 0 aromatic heterocycles. The van der Waals surface area contributed by atoms with Crippen molar-refractivity contribution in [3.8, 4) is 5.75 Å². The Hall–Kier alpha value is -2.87. The summed E-state index contributed by atoms with van der Waals surface area (Å²) in [5.74, 6) is -1.03. The van der Waals surface area contributed by atoms with E-state index in [-0.39, 0.29) is 29.3 Å². The maximum Gasteiger partial charge on any atom is 0.438 e. The molecule has 2 N–H and O–H groups in total. The zero-order chi connectivity index (χ0) is 19.7. The van der Waals surface area contributed by atoms with E-state index in [1.165, 1.54) is 6.07 Å². The van der Waals surface area contributed by atoms with Gasteiger partial charge in [0.2, 0.25) is 5.91 Å². The van der Waals surface area contributed by atoms with Crippen molar-refractivity contribution in [1.29, 1.82) is 0 Å². The minimum atomic E-state index is -5.07. The number of amides is 1. The van der Waals surface area contributed by atoms with Gasteiger partial charge in [-0.2, -0.15) is 23.3 Å². The summed E-state index contributed by atoms with van der Waals surface area (Å²) in [6.07, 6.45) is -6.24. The number of phenols is 1. The minimum Gasteiger partial charge on any atom is -0.508 e. The number of benzene rings is 2. The Kier molecular flexibility index (Phi) is 4.93. The van der Waals surface area contributed by atoms with Crippen molar-refractivity contribution in [2.75, 3.05) is 0 Å². The summed E-state index contributed by atoms with van der Waals surface area (Å²) in [6, 6.07) is 14.3. The third kappa shape index (κ3) is 3.66. The van der Waals surface area contributed by atoms with Crippen LogP contribution in [0.1, 0.15) is 24.0 Å². The van der Waals surface area contributed by atoms with E-state index in [1.54, 1.807) is 48.5 Å². The van der Waals surface area contributed by atoms with Gasteiger partial charge in [-0.3, -0.25) is 4.79 Å². The van der Waals surface area contributed by atoms with E-state index in [9.17, 15) is 28.2 Å². The highest BCUT2D eigenvalue weighted by atomic mass is 19.4. The maximum atomic E-state index is 13.5. The number of hydrogen-bond acceptors (Lipinski definition) is 4. The summed E-state index contributed by atoms with van der Waals surface area (Å²) in [4.78, 5) is 12.4. The van der Waals surface area contributed by atoms with Gasteiger partial charge in [0.25, 0.3) is 5.72 Å². The van der Waals surface area contributed by atoms with Crippen LogP contribution in [0, 0.1) is 0 Å². The number of alkyl halides is 3. The van der Waals surface area contributed by atoms with Crippen LogP contribution >= 0.6 is 0 Å². The Morgan fingerprint density at radius 1 is 1.11 bits per heavy atom. The summed E-state index contributed by atoms with van der Waals surface area (Å²) in [5, 5.41) is 23.9. The van der Waals surface area contributed by atoms with E-state index in [0.29, 0.717) is 11.1 Å². The normalized spacial score (nSPS) is 19.9. The summed E-state index contributed by atoms with van der Waals surface area (Å²) in [5.41, 5.74) is -2.59. The fourth-order valence-corrected chi connectivity index (χ4v) is 2.89. The molecule has 0 saturated carbocycles. The fraction of sp³-hybridized carbons (Fsp3) is 0.263. The Morgan fingerprint density at radius 3 is 2.37 bits per heavy atom. The average molecular weight is 378 g/mol. The summed E-state index contributed by atoms with van der Waals surface area (Å²) < 4.78 is 40.5. The average Bonchev–Trinajstić information content (AvgIpc) is 3.01. The second-order valence-corrected chi connectivity index (χ2v) is 6.24. The molecule has 5 nitrogen and oxygen atoms in total. The SMILES string of the molecule is O=C(CCc1ccccc1O)N1N=C(c2ccccc2)C[C@]1(O)C(F)(F)F. The van der Waals surface area contributed by atoms with Crippen molar-refractivity contribution in [3.63, 3.8) is 0 Å². The number of aryl methyl sites for hydroxylation is 1. The van der Waals surface area contributed by atoms with Gasteiger partial charge >= 0.3 is 6.18 Å². The number of aliphatic hydroxyl groups is 1. The second kappa shape index (κ2) is 7.03. The van der Waals surface area contributed by atoms with Gasteiger partial charge in [0.15, 0.2) is 0 Å². The van der Waals surface area contributed by atoms with Crippen LogP contribution in [0.15, 0.2) is 59.7 Å². The highest BCUT2D eigenvalue weighted by molar-refractivity contribution is 6.03. The van der Waals surface area contributed by atoms with Crippen molar-refractivity contribution >= 4 is 11.6 Å². The van der Waals surface area contributed by atoms with Crippen LogP contribution in [0.3, 0.4) is 0 Å². The topological polar surface area (TPSA) is 73.1 Å². The van der Waals surface area contributed by atoms with Crippen molar-refractivity contribution in [2.24, 2.45) is 5.10 Å². The zero-order valence-electron chi connectivity index (χ0n) is 14.1. The molecule has 3 rings (SSSR count). The van der Waals surface area contributed by atoms with Crippen LogP contribution in [0.5, 0.6) is 5.75 Å². The van der Waals surface area contributed by atoms with Gasteiger partial charge in [-0.1, -0.05) is 48.5 Å². The number of aromatic hydroxyl groups is 1. The molecule has 1 heterocycles. The smallest absolute Gasteiger partial charge is 0.438 e. The molecule has 1 atom stereocenters. The number of carbonyl (C=O) groups is 1. The first kappa shape index (κ1) is 18.9. The highest BCUT2D eigenvalue weighted by Gasteiger charge is 2.63. The molecule has 1 aliphatic heterocycles. The van der Waals surface area contributed by atoms with Crippen molar-refractivity contribution < 1.29 is 28.2 Å². The van der Waals surface area contributed by atoms with Crippen LogP contribution in [0.2, 0.25) is 0 Å². The van der Waals surface area contributed by atoms with E-state index in [1.807, 2.05) is 0 Å². The summed E-state index contributed by atoms with van der Waals surface area (Å²) in [6.45, 7) is 0. The molecule has 27 heavy (non-hydrogen) atoms. The molecule has 0 fully saturated rings. The van der Waals surface area contributed by atoms with Crippen LogP contribution in [0.4, 0.5) is 13.2 Å². The first-order chi connectivity index (χ1) is 12.7.